The van der Waals surface area contributed by atoms with Crippen LogP contribution in [0.5, 0.6) is 0 Å². The van der Waals surface area contributed by atoms with Gasteiger partial charge in [-0.05, 0) is 36.4 Å². The monoisotopic (exact) mass is 322 g/mol. The number of hydrogen-bond donors (Lipinski definition) is 2. The van der Waals surface area contributed by atoms with Crippen molar-refractivity contribution in [3.05, 3.63) is 58.1 Å². The van der Waals surface area contributed by atoms with Gasteiger partial charge in [-0.15, -0.1) is 0 Å². The molecule has 2 rings (SSSR count). The minimum absolute atomic E-state index is 0.229. The highest BCUT2D eigenvalue weighted by molar-refractivity contribution is 6.34. The van der Waals surface area contributed by atoms with Crippen molar-refractivity contribution >= 4 is 46.4 Å². The number of carbonyl (C=O) groups excluding carboxylic acids is 2. The lowest BCUT2D eigenvalue weighted by molar-refractivity contribution is -0.114. The molecule has 2 aromatic rings. The van der Waals surface area contributed by atoms with Crippen molar-refractivity contribution in [1.29, 1.82) is 0 Å². The summed E-state index contributed by atoms with van der Waals surface area (Å²) in [5.74, 6) is -0.540. The summed E-state index contributed by atoms with van der Waals surface area (Å²) >= 11 is 11.9. The zero-order valence-corrected chi connectivity index (χ0v) is 12.6. The zero-order valence-electron chi connectivity index (χ0n) is 11.1. The standard InChI is InChI=1S/C15H12Cl2N2O2/c1-9(20)18-14-6-5-10(7-13(14)17)15(21)19-12-4-2-3-11(16)8-12/h2-8H,1H3,(H,18,20)(H,19,21). The minimum Gasteiger partial charge on any atom is -0.325 e. The van der Waals surface area contributed by atoms with Gasteiger partial charge in [-0.1, -0.05) is 29.3 Å². The molecule has 0 fully saturated rings. The second-order valence-electron chi connectivity index (χ2n) is 4.34. The Morgan fingerprint density at radius 2 is 1.76 bits per heavy atom. The summed E-state index contributed by atoms with van der Waals surface area (Å²) in [7, 11) is 0. The number of halogens is 2. The zero-order chi connectivity index (χ0) is 15.4. The van der Waals surface area contributed by atoms with Crippen molar-refractivity contribution in [2.45, 2.75) is 6.92 Å². The third-order valence-corrected chi connectivity index (χ3v) is 3.17. The number of hydrogen-bond acceptors (Lipinski definition) is 2. The molecular formula is C15H12Cl2N2O2. The maximum Gasteiger partial charge on any atom is 0.255 e. The summed E-state index contributed by atoms with van der Waals surface area (Å²) in [5.41, 5.74) is 1.44. The van der Waals surface area contributed by atoms with Gasteiger partial charge in [0.2, 0.25) is 5.91 Å². The van der Waals surface area contributed by atoms with Crippen LogP contribution in [0.25, 0.3) is 0 Å². The fourth-order valence-corrected chi connectivity index (χ4v) is 2.13. The van der Waals surface area contributed by atoms with Crippen molar-refractivity contribution in [1.82, 2.24) is 0 Å². The predicted octanol–water partition coefficient (Wildman–Crippen LogP) is 4.20. The second kappa shape index (κ2) is 6.61. The highest BCUT2D eigenvalue weighted by Gasteiger charge is 2.10. The van der Waals surface area contributed by atoms with Crippen LogP contribution in [0.3, 0.4) is 0 Å². The van der Waals surface area contributed by atoms with Gasteiger partial charge in [0, 0.05) is 23.2 Å². The molecule has 0 heterocycles. The number of benzene rings is 2. The molecule has 21 heavy (non-hydrogen) atoms. The first-order valence-electron chi connectivity index (χ1n) is 6.10. The third-order valence-electron chi connectivity index (χ3n) is 2.62. The number of amides is 2. The second-order valence-corrected chi connectivity index (χ2v) is 5.18. The average Bonchev–Trinajstić information content (AvgIpc) is 2.40. The molecular weight excluding hydrogens is 311 g/mol. The van der Waals surface area contributed by atoms with Gasteiger partial charge in [-0.3, -0.25) is 9.59 Å². The SMILES string of the molecule is CC(=O)Nc1ccc(C(=O)Nc2cccc(Cl)c2)cc1Cl. The predicted molar refractivity (Wildman–Crippen MR) is 85.2 cm³/mol. The molecule has 0 bridgehead atoms. The van der Waals surface area contributed by atoms with Gasteiger partial charge in [-0.25, -0.2) is 0 Å². The minimum atomic E-state index is -0.312. The van der Waals surface area contributed by atoms with Gasteiger partial charge in [0.25, 0.3) is 5.91 Å². The topological polar surface area (TPSA) is 58.2 Å². The van der Waals surface area contributed by atoms with Crippen LogP contribution >= 0.6 is 23.2 Å². The van der Waals surface area contributed by atoms with Gasteiger partial charge in [0.15, 0.2) is 0 Å². The lowest BCUT2D eigenvalue weighted by atomic mass is 10.2. The van der Waals surface area contributed by atoms with Crippen molar-refractivity contribution in [2.75, 3.05) is 10.6 Å². The number of nitrogens with one attached hydrogen (secondary N) is 2. The number of rotatable bonds is 3. The highest BCUT2D eigenvalue weighted by Crippen LogP contribution is 2.24. The Kier molecular flexibility index (Phi) is 4.83. The van der Waals surface area contributed by atoms with E-state index in [0.29, 0.717) is 27.0 Å². The molecule has 0 spiro atoms. The molecule has 2 aromatic carbocycles. The van der Waals surface area contributed by atoms with Gasteiger partial charge in [0.1, 0.15) is 0 Å². The van der Waals surface area contributed by atoms with E-state index in [1.165, 1.54) is 13.0 Å². The Balaban J connectivity index is 2.16. The van der Waals surface area contributed by atoms with Crippen LogP contribution in [-0.4, -0.2) is 11.8 Å². The van der Waals surface area contributed by atoms with E-state index in [9.17, 15) is 9.59 Å². The molecule has 4 nitrogen and oxygen atoms in total. The normalized spacial score (nSPS) is 10.0. The largest absolute Gasteiger partial charge is 0.325 e. The van der Waals surface area contributed by atoms with Gasteiger partial charge < -0.3 is 10.6 Å². The lowest BCUT2D eigenvalue weighted by Gasteiger charge is -2.08. The van der Waals surface area contributed by atoms with Gasteiger partial charge in [0.05, 0.1) is 10.7 Å². The van der Waals surface area contributed by atoms with Crippen LogP contribution in [0.15, 0.2) is 42.5 Å². The van der Waals surface area contributed by atoms with Crippen LogP contribution in [0, 0.1) is 0 Å². The summed E-state index contributed by atoms with van der Waals surface area (Å²) in [5, 5.41) is 6.12. The molecule has 0 aliphatic carbocycles. The van der Waals surface area contributed by atoms with E-state index in [0.717, 1.165) is 0 Å². The molecule has 0 aliphatic rings. The number of anilines is 2. The maximum absolute atomic E-state index is 12.1. The molecule has 0 radical (unpaired) electrons. The Hall–Kier alpha value is -2.04. The van der Waals surface area contributed by atoms with Crippen LogP contribution in [0.4, 0.5) is 11.4 Å². The Morgan fingerprint density at radius 3 is 2.38 bits per heavy atom. The molecule has 0 atom stereocenters. The van der Waals surface area contributed by atoms with Gasteiger partial charge >= 0.3 is 0 Å². The van der Waals surface area contributed by atoms with E-state index in [1.54, 1.807) is 36.4 Å². The smallest absolute Gasteiger partial charge is 0.255 e. The third kappa shape index (κ3) is 4.21. The van der Waals surface area contributed by atoms with Crippen LogP contribution in [0.1, 0.15) is 17.3 Å². The maximum atomic E-state index is 12.1. The van der Waals surface area contributed by atoms with Crippen molar-refractivity contribution in [3.8, 4) is 0 Å². The summed E-state index contributed by atoms with van der Waals surface area (Å²) in [6.45, 7) is 1.39. The molecule has 2 amide bonds. The van der Waals surface area contributed by atoms with Crippen LogP contribution in [0.2, 0.25) is 10.0 Å². The van der Waals surface area contributed by atoms with Gasteiger partial charge in [-0.2, -0.15) is 0 Å². The Morgan fingerprint density at radius 1 is 1.00 bits per heavy atom. The Bertz CT molecular complexity index is 702. The van der Waals surface area contributed by atoms with E-state index in [-0.39, 0.29) is 11.8 Å². The molecule has 2 N–H and O–H groups in total. The summed E-state index contributed by atoms with van der Waals surface area (Å²) in [6, 6.07) is 11.5. The molecule has 0 aromatic heterocycles. The lowest BCUT2D eigenvalue weighted by Crippen LogP contribution is -2.12. The van der Waals surface area contributed by atoms with Crippen molar-refractivity contribution in [3.63, 3.8) is 0 Å². The highest BCUT2D eigenvalue weighted by atomic mass is 35.5. The first-order chi connectivity index (χ1) is 9.95. The van der Waals surface area contributed by atoms with E-state index in [1.807, 2.05) is 0 Å². The number of carbonyl (C=O) groups is 2. The van der Waals surface area contributed by atoms with E-state index < -0.39 is 0 Å². The van der Waals surface area contributed by atoms with Crippen molar-refractivity contribution < 1.29 is 9.59 Å². The summed E-state index contributed by atoms with van der Waals surface area (Å²) in [6.07, 6.45) is 0. The Labute approximate surface area is 132 Å². The van der Waals surface area contributed by atoms with E-state index in [2.05, 4.69) is 10.6 Å². The average molecular weight is 323 g/mol. The fraction of sp³-hybridized carbons (Fsp3) is 0.0667. The quantitative estimate of drug-likeness (QED) is 0.889. The van der Waals surface area contributed by atoms with E-state index in [4.69, 9.17) is 23.2 Å². The molecule has 0 aliphatic heterocycles. The van der Waals surface area contributed by atoms with Crippen LogP contribution in [-0.2, 0) is 4.79 Å². The molecule has 0 saturated heterocycles. The van der Waals surface area contributed by atoms with Crippen LogP contribution < -0.4 is 10.6 Å². The van der Waals surface area contributed by atoms with Crippen molar-refractivity contribution in [2.24, 2.45) is 0 Å². The summed E-state index contributed by atoms with van der Waals surface area (Å²) < 4.78 is 0. The molecule has 6 heteroatoms. The first-order valence-corrected chi connectivity index (χ1v) is 6.85. The molecule has 108 valence electrons. The van der Waals surface area contributed by atoms with E-state index >= 15 is 0 Å². The first kappa shape index (κ1) is 15.4. The molecule has 0 unspecified atom stereocenters. The fourth-order valence-electron chi connectivity index (χ4n) is 1.72. The summed E-state index contributed by atoms with van der Waals surface area (Å²) in [4.78, 5) is 23.1. The molecule has 0 saturated carbocycles.